The van der Waals surface area contributed by atoms with E-state index < -0.39 is 0 Å². The minimum Gasteiger partial charge on any atom is -0.0713 e. The lowest BCUT2D eigenvalue weighted by molar-refractivity contribution is 1.63. The van der Waals surface area contributed by atoms with Crippen LogP contribution in [0.1, 0.15) is 0 Å². The molecule has 0 fully saturated rings. The average molecular weight is 86.2 g/mol. The predicted molar refractivity (Wildman–Crippen MR) is 27.6 cm³/mol. The Hall–Kier alpha value is 0.217. The van der Waals surface area contributed by atoms with Crippen LogP contribution in [0.3, 0.4) is 0 Å². The molecular weight excluding hydrogens is 76.1 g/mol. The fourth-order valence-corrected chi connectivity index (χ4v) is 0. The predicted octanol–water partition coefficient (Wildman–Crippen LogP) is 1.57. The van der Waals surface area contributed by atoms with Gasteiger partial charge in [-0.1, -0.05) is 26.1 Å². The maximum atomic E-state index is 3.73. The van der Waals surface area contributed by atoms with Crippen LogP contribution in [0.2, 0.25) is 19.1 Å². The van der Waals surface area contributed by atoms with Gasteiger partial charge in [-0.3, -0.25) is 0 Å². The molecule has 0 aromatic heterocycles. The van der Waals surface area contributed by atoms with Gasteiger partial charge in [0.15, 0.2) is 0 Å². The zero-order chi connectivity index (χ0) is 4.28. The van der Waals surface area contributed by atoms with Crippen LogP contribution in [0.15, 0.2) is 0 Å². The fraction of sp³-hybridized carbons (Fsp3) is 0.750. The lowest BCUT2D eigenvalue weighted by atomic mass is 11.0. The quantitative estimate of drug-likeness (QED) is 0.425. The lowest BCUT2D eigenvalue weighted by Gasteiger charge is -1.87. The van der Waals surface area contributed by atoms with Gasteiger partial charge < -0.3 is 0 Å². The first-order valence-electron chi connectivity index (χ1n) is 1.85. The van der Waals surface area contributed by atoms with Crippen LogP contribution >= 0.6 is 0 Å². The molecule has 0 saturated heterocycles. The standard InChI is InChI=1S/C4H10Si/c1-4-5(2)3/h1,4H2,2-3H3. The fourth-order valence-electron chi connectivity index (χ4n) is 0. The Kier molecular flexibility index (Phi) is 2.56. The number of rotatable bonds is 1. The molecule has 0 amide bonds. The average Bonchev–Trinajstić information content (AvgIpc) is 1.38. The molecule has 2 radical (unpaired) electrons. The molecule has 30 valence electrons. The summed E-state index contributed by atoms with van der Waals surface area (Å²) in [6.07, 6.45) is 0. The van der Waals surface area contributed by atoms with Crippen molar-refractivity contribution in [3.05, 3.63) is 6.92 Å². The first-order valence-corrected chi connectivity index (χ1v) is 4.56. The van der Waals surface area contributed by atoms with Crippen molar-refractivity contribution in [2.75, 3.05) is 0 Å². The van der Waals surface area contributed by atoms with Crippen LogP contribution in [0.5, 0.6) is 0 Å². The Bertz CT molecular complexity index is 17.6. The van der Waals surface area contributed by atoms with Gasteiger partial charge in [-0.2, -0.15) is 0 Å². The second kappa shape index (κ2) is 2.45. The molecule has 5 heavy (non-hydrogen) atoms. The summed E-state index contributed by atoms with van der Waals surface area (Å²) in [5.41, 5.74) is 0. The van der Waals surface area contributed by atoms with Crippen molar-refractivity contribution < 1.29 is 0 Å². The third-order valence-corrected chi connectivity index (χ3v) is 1.50. The van der Waals surface area contributed by atoms with E-state index in [9.17, 15) is 0 Å². The van der Waals surface area contributed by atoms with Crippen molar-refractivity contribution in [2.45, 2.75) is 19.1 Å². The molecule has 0 nitrogen and oxygen atoms in total. The van der Waals surface area contributed by atoms with Crippen LogP contribution in [-0.2, 0) is 0 Å². The van der Waals surface area contributed by atoms with Crippen molar-refractivity contribution in [3.63, 3.8) is 0 Å². The van der Waals surface area contributed by atoms with Gasteiger partial charge in [0.05, 0.1) is 0 Å². The van der Waals surface area contributed by atoms with Crippen molar-refractivity contribution in [2.24, 2.45) is 0 Å². The smallest absolute Gasteiger partial charge is 0.0412 e. The van der Waals surface area contributed by atoms with Crippen molar-refractivity contribution in [1.82, 2.24) is 0 Å². The highest BCUT2D eigenvalue weighted by atomic mass is 28.3. The molecule has 0 heterocycles. The van der Waals surface area contributed by atoms with E-state index in [4.69, 9.17) is 0 Å². The number of hydrogen-bond donors (Lipinski definition) is 0. The summed E-state index contributed by atoms with van der Waals surface area (Å²) in [5, 5.41) is 0. The van der Waals surface area contributed by atoms with Crippen LogP contribution in [-0.4, -0.2) is 8.80 Å². The van der Waals surface area contributed by atoms with E-state index in [1.165, 1.54) is 0 Å². The highest BCUT2D eigenvalue weighted by molar-refractivity contribution is 6.55. The van der Waals surface area contributed by atoms with Crippen LogP contribution in [0.25, 0.3) is 0 Å². The largest absolute Gasteiger partial charge is 0.0713 e. The third kappa shape index (κ3) is 4.22. The van der Waals surface area contributed by atoms with Gasteiger partial charge in [0, 0.05) is 8.80 Å². The van der Waals surface area contributed by atoms with Gasteiger partial charge in [0.2, 0.25) is 0 Å². The number of hydrogen-bond acceptors (Lipinski definition) is 0. The highest BCUT2D eigenvalue weighted by Crippen LogP contribution is 1.83. The van der Waals surface area contributed by atoms with Gasteiger partial charge >= 0.3 is 0 Å². The topological polar surface area (TPSA) is 0 Å². The molecule has 0 aromatic rings. The summed E-state index contributed by atoms with van der Waals surface area (Å²) in [7, 11) is 0.0149. The van der Waals surface area contributed by atoms with Gasteiger partial charge in [-0.25, -0.2) is 0 Å². The molecule has 0 aliphatic rings. The van der Waals surface area contributed by atoms with Crippen molar-refractivity contribution in [3.8, 4) is 0 Å². The van der Waals surface area contributed by atoms with E-state index in [1.807, 2.05) is 0 Å². The Morgan fingerprint density at radius 1 is 1.60 bits per heavy atom. The second-order valence-corrected chi connectivity index (χ2v) is 4.37. The first-order chi connectivity index (χ1) is 2.27. The summed E-state index contributed by atoms with van der Waals surface area (Å²) >= 11 is 0. The SMILES string of the molecule is [CH2]C[Si](C)C. The summed E-state index contributed by atoms with van der Waals surface area (Å²) in [6, 6.07) is 1.16. The summed E-state index contributed by atoms with van der Waals surface area (Å²) in [6.45, 7) is 8.25. The summed E-state index contributed by atoms with van der Waals surface area (Å²) in [5.74, 6) is 0. The normalized spacial score (nSPS) is 9.60. The minimum absolute atomic E-state index is 0.0149. The molecule has 0 aliphatic heterocycles. The van der Waals surface area contributed by atoms with E-state index in [1.54, 1.807) is 0 Å². The van der Waals surface area contributed by atoms with Crippen LogP contribution in [0, 0.1) is 6.92 Å². The van der Waals surface area contributed by atoms with E-state index in [2.05, 4.69) is 20.0 Å². The van der Waals surface area contributed by atoms with Gasteiger partial charge in [-0.05, 0) is 0 Å². The van der Waals surface area contributed by atoms with E-state index in [-0.39, 0.29) is 8.80 Å². The maximum absolute atomic E-state index is 3.73. The first kappa shape index (κ1) is 5.22. The molecule has 0 saturated carbocycles. The molecule has 0 bridgehead atoms. The molecule has 0 spiro atoms. The molecule has 0 aromatic carbocycles. The van der Waals surface area contributed by atoms with Gasteiger partial charge in [0.1, 0.15) is 0 Å². The zero-order valence-corrected chi connectivity index (χ0v) is 4.91. The third-order valence-electron chi connectivity index (χ3n) is 0.500. The maximum Gasteiger partial charge on any atom is 0.0412 e. The van der Waals surface area contributed by atoms with Crippen molar-refractivity contribution >= 4 is 8.80 Å². The molecule has 0 rings (SSSR count). The van der Waals surface area contributed by atoms with Gasteiger partial charge in [0.25, 0.3) is 0 Å². The Morgan fingerprint density at radius 2 is 1.80 bits per heavy atom. The Balaban J connectivity index is 2.54. The second-order valence-electron chi connectivity index (χ2n) is 1.46. The van der Waals surface area contributed by atoms with E-state index >= 15 is 0 Å². The van der Waals surface area contributed by atoms with E-state index in [0.29, 0.717) is 0 Å². The lowest BCUT2D eigenvalue weighted by Crippen LogP contribution is -1.92. The van der Waals surface area contributed by atoms with Crippen LogP contribution in [0.4, 0.5) is 0 Å². The monoisotopic (exact) mass is 86.1 g/mol. The van der Waals surface area contributed by atoms with Crippen molar-refractivity contribution in [1.29, 1.82) is 0 Å². The summed E-state index contributed by atoms with van der Waals surface area (Å²) in [4.78, 5) is 0. The summed E-state index contributed by atoms with van der Waals surface area (Å²) < 4.78 is 0. The van der Waals surface area contributed by atoms with Crippen LogP contribution < -0.4 is 0 Å². The zero-order valence-electron chi connectivity index (χ0n) is 3.91. The van der Waals surface area contributed by atoms with Gasteiger partial charge in [-0.15, -0.1) is 0 Å². The molecule has 1 heteroatoms. The molecule has 0 unspecified atom stereocenters. The molecule has 0 atom stereocenters. The van der Waals surface area contributed by atoms with E-state index in [0.717, 1.165) is 6.04 Å². The molecule has 0 aliphatic carbocycles. The Morgan fingerprint density at radius 3 is 1.80 bits per heavy atom. The molecular formula is C4H10Si. The minimum atomic E-state index is 0.0149. The molecule has 0 N–H and O–H groups in total. The Labute approximate surface area is 35.8 Å². The highest BCUT2D eigenvalue weighted by Gasteiger charge is 1.83.